The van der Waals surface area contributed by atoms with E-state index in [0.717, 1.165) is 24.7 Å². The number of carbonyl (C=O) groups excluding carboxylic acids is 8. The number of thiazole rings is 2. The Labute approximate surface area is 553 Å². The Balaban J connectivity index is 1.27. The van der Waals surface area contributed by atoms with Crippen LogP contribution in [0.1, 0.15) is 88.8 Å². The molecule has 38 nitrogen and oxygen atoms in total. The molecule has 0 spiro atoms. The zero-order valence-electron chi connectivity index (χ0n) is 51.9. The molecule has 2 fully saturated rings. The molecule has 526 valence electrons. The largest absolute Gasteiger partial charge is 0.441 e. The third-order valence-corrected chi connectivity index (χ3v) is 17.5. The number of amides is 8. The number of nitrogens with two attached hydrogens (primary N) is 5. The van der Waals surface area contributed by atoms with Crippen molar-refractivity contribution in [3.8, 4) is 10.7 Å². The summed E-state index contributed by atoms with van der Waals surface area (Å²) in [5.41, 5.74) is 28.0. The lowest BCUT2D eigenvalue weighted by atomic mass is 9.96. The average Bonchev–Trinajstić information content (AvgIpc) is 1.31. The van der Waals surface area contributed by atoms with Gasteiger partial charge in [-0.2, -0.15) is 11.8 Å². The minimum absolute atomic E-state index is 0.00588. The minimum Gasteiger partial charge on any atom is -0.441 e. The Morgan fingerprint density at radius 2 is 1.48 bits per heavy atom. The fourth-order valence-electron chi connectivity index (χ4n) is 9.65. The van der Waals surface area contributed by atoms with E-state index < -0.39 is 183 Å². The van der Waals surface area contributed by atoms with Crippen LogP contribution in [0.15, 0.2) is 23.3 Å². The maximum absolute atomic E-state index is 15.2. The molecule has 8 amide bonds. The van der Waals surface area contributed by atoms with Gasteiger partial charge in [-0.3, -0.25) is 33.6 Å². The molecule has 95 heavy (non-hydrogen) atoms. The standard InChI is InChI=1S/C54H81N17O21S3/c1-19-32(68-45(71-43(19)57)24(11-30(56)75)63-12-23(55)44(58)81)49(85)70-34(40(25-13-60-18-64-25)90-53-42(38(79)36(77)28(14-72)89-53)91-52-39(80)41(92-54(59)87)37(78)29(15-73)88-52)50(86)65-21(3)35(76)20(2)46(82)69-33(22(4)74)48(84)62-9-7-31-66-27(17-94-31)51-67-26(16-95-51)47(83)61-8-6-10-93-5/h13,16-18,20-24,28-29,33-42,52-53,63,72-74,76-80H,6-12,14-15,55H2,1-5H3,(H2,56,75)(H2,58,81)(H2,59,87)(H,60,64)(H,61,83)(H,62,84)(H,65,86)(H,69,82)(H,70,85)(H2,57,68,71)/t20-,21+,22+,23-,24-,28?,29?,33-,34-,35-,36?,37?,38?,39?,40-,41?,42?,52?,53?/m0/s1. The van der Waals surface area contributed by atoms with E-state index in [0.29, 0.717) is 22.3 Å². The van der Waals surface area contributed by atoms with Crippen LogP contribution in [0.3, 0.4) is 0 Å². The molecule has 0 radical (unpaired) electrons. The number of hydrogen-bond acceptors (Lipinski definition) is 32. The number of aliphatic hydroxyl groups is 8. The number of rotatable bonds is 35. The van der Waals surface area contributed by atoms with E-state index in [4.69, 9.17) is 52.4 Å². The van der Waals surface area contributed by atoms with Crippen LogP contribution >= 0.6 is 34.4 Å². The monoisotopic (exact) mass is 1400 g/mol. The van der Waals surface area contributed by atoms with Gasteiger partial charge in [-0.15, -0.1) is 22.7 Å². The van der Waals surface area contributed by atoms with Crippen LogP contribution in [-0.4, -0.2) is 261 Å². The number of thioether (sulfide) groups is 1. The van der Waals surface area contributed by atoms with Crippen molar-refractivity contribution in [3.63, 3.8) is 0 Å². The first-order valence-electron chi connectivity index (χ1n) is 29.4. The van der Waals surface area contributed by atoms with Gasteiger partial charge in [0, 0.05) is 48.8 Å². The van der Waals surface area contributed by atoms with Crippen LogP contribution in [0.4, 0.5) is 10.6 Å². The number of aromatic nitrogens is 6. The summed E-state index contributed by atoms with van der Waals surface area (Å²) in [6.45, 7) is 3.15. The summed E-state index contributed by atoms with van der Waals surface area (Å²) >= 11 is 4.19. The van der Waals surface area contributed by atoms with E-state index >= 15 is 4.79 Å². The lowest BCUT2D eigenvalue weighted by Crippen LogP contribution is -2.65. The molecule has 4 aromatic rings. The normalized spacial score (nSPS) is 24.1. The fraction of sp³-hybridized carbons (Fsp3) is 0.611. The third kappa shape index (κ3) is 20.4. The van der Waals surface area contributed by atoms with Gasteiger partial charge >= 0.3 is 6.09 Å². The molecule has 0 aliphatic carbocycles. The first kappa shape index (κ1) is 76.7. The predicted octanol–water partition coefficient (Wildman–Crippen LogP) is -7.22. The number of H-pyrrole nitrogens is 1. The molecule has 10 unspecified atom stereocenters. The molecule has 0 saturated carbocycles. The molecule has 25 N–H and O–H groups in total. The first-order chi connectivity index (χ1) is 45.0. The van der Waals surface area contributed by atoms with E-state index in [9.17, 15) is 74.4 Å². The molecule has 19 atom stereocenters. The number of nitrogens with zero attached hydrogens (tertiary/aromatic N) is 5. The molecule has 2 aliphatic rings. The van der Waals surface area contributed by atoms with Gasteiger partial charge in [-0.1, -0.05) is 6.92 Å². The number of nitrogens with one attached hydrogen (secondary N) is 7. The second kappa shape index (κ2) is 35.6. The highest BCUT2D eigenvalue weighted by Crippen LogP contribution is 2.35. The van der Waals surface area contributed by atoms with E-state index in [-0.39, 0.29) is 54.0 Å². The molecule has 41 heteroatoms. The number of aromatic amines is 1. The number of carbonyl (C=O) groups is 8. The molecule has 4 aromatic heterocycles. The molecule has 2 saturated heterocycles. The average molecular weight is 1400 g/mol. The van der Waals surface area contributed by atoms with Crippen LogP contribution in [-0.2, 0) is 54.1 Å². The van der Waals surface area contributed by atoms with Gasteiger partial charge in [-0.25, -0.2) is 29.7 Å². The molecule has 6 heterocycles. The van der Waals surface area contributed by atoms with Crippen molar-refractivity contribution in [1.82, 2.24) is 61.8 Å². The minimum atomic E-state index is -2.20. The summed E-state index contributed by atoms with van der Waals surface area (Å²) < 4.78 is 28.7. The maximum atomic E-state index is 15.2. The summed E-state index contributed by atoms with van der Waals surface area (Å²) in [5.74, 6) is -7.80. The second-order valence-corrected chi connectivity index (χ2v) is 24.9. The molecule has 2 aliphatic heterocycles. The molecular formula is C54H81N17O21S3. The van der Waals surface area contributed by atoms with E-state index in [1.807, 2.05) is 6.26 Å². The molecular weight excluding hydrogens is 1320 g/mol. The zero-order valence-corrected chi connectivity index (χ0v) is 54.3. The Bertz CT molecular complexity index is 3250. The number of anilines is 1. The topological polar surface area (TPSA) is 627 Å². The lowest BCUT2D eigenvalue weighted by Gasteiger charge is -2.47. The maximum Gasteiger partial charge on any atom is 0.404 e. The van der Waals surface area contributed by atoms with E-state index in [2.05, 4.69) is 61.8 Å². The van der Waals surface area contributed by atoms with Crippen molar-refractivity contribution in [2.45, 2.75) is 157 Å². The summed E-state index contributed by atoms with van der Waals surface area (Å²) in [7, 11) is 0. The Morgan fingerprint density at radius 3 is 2.12 bits per heavy atom. The van der Waals surface area contributed by atoms with E-state index in [1.54, 1.807) is 22.5 Å². The van der Waals surface area contributed by atoms with Gasteiger partial charge in [-0.05, 0) is 39.2 Å². The number of aliphatic hydroxyl groups excluding tert-OH is 8. The summed E-state index contributed by atoms with van der Waals surface area (Å²) in [5, 5.41) is 108. The number of ether oxygens (including phenoxy) is 5. The van der Waals surface area contributed by atoms with Crippen LogP contribution in [0, 0.1) is 12.8 Å². The molecule has 6 rings (SSSR count). The zero-order chi connectivity index (χ0) is 70.1. The van der Waals surface area contributed by atoms with Crippen LogP contribution in [0.2, 0.25) is 0 Å². The highest BCUT2D eigenvalue weighted by molar-refractivity contribution is 7.98. The van der Waals surface area contributed by atoms with Crippen molar-refractivity contribution < 1.29 is 103 Å². The van der Waals surface area contributed by atoms with Gasteiger partial charge in [0.15, 0.2) is 18.7 Å². The predicted molar refractivity (Wildman–Crippen MR) is 333 cm³/mol. The summed E-state index contributed by atoms with van der Waals surface area (Å²) in [4.78, 5) is 130. The SMILES string of the molecule is CSCCCNC(=O)c1csc(-c2csc(CCNC(=O)[C@@H](NC(=O)[C@@H](C)[C@H](O)[C@@H](C)NC(=O)[C@@H](NC(=O)c3nc([C@H](CC(N)=O)NC[C@H](N)C(N)=O)nc(N)c3C)[C@@H](OC3OC(CO)C(O)C(O)C3OC3OC(CO)C(O)C(OC(N)=O)C3O)c3cnc[nH]3)[C@@H](C)O)n2)n1. The summed E-state index contributed by atoms with van der Waals surface area (Å²) in [6.07, 6.45) is -22.3. The van der Waals surface area contributed by atoms with Crippen molar-refractivity contribution in [2.75, 3.05) is 50.6 Å². The van der Waals surface area contributed by atoms with Gasteiger partial charge in [0.2, 0.25) is 29.5 Å². The number of primary amides is 3. The van der Waals surface area contributed by atoms with Crippen molar-refractivity contribution in [2.24, 2.45) is 28.9 Å². The number of nitrogen functional groups attached to an aromatic ring is 1. The third-order valence-electron chi connectivity index (χ3n) is 15.1. The van der Waals surface area contributed by atoms with Crippen LogP contribution in [0.25, 0.3) is 10.7 Å². The van der Waals surface area contributed by atoms with Crippen molar-refractivity contribution in [3.05, 3.63) is 56.8 Å². The highest BCUT2D eigenvalue weighted by Gasteiger charge is 2.54. The fourth-order valence-corrected chi connectivity index (χ4v) is 11.7. The molecule has 0 aromatic carbocycles. The Hall–Kier alpha value is -7.30. The second-order valence-electron chi connectivity index (χ2n) is 22.1. The van der Waals surface area contributed by atoms with Gasteiger partial charge in [0.1, 0.15) is 94.6 Å². The van der Waals surface area contributed by atoms with Gasteiger partial charge in [0.25, 0.3) is 11.8 Å². The van der Waals surface area contributed by atoms with Crippen LogP contribution < -0.4 is 60.6 Å². The van der Waals surface area contributed by atoms with E-state index in [1.165, 1.54) is 50.4 Å². The lowest BCUT2D eigenvalue weighted by molar-refractivity contribution is -0.372. The number of hydrogen-bond donors (Lipinski definition) is 20. The number of imidazole rings is 1. The van der Waals surface area contributed by atoms with Crippen molar-refractivity contribution >= 4 is 87.7 Å². The Kier molecular flexibility index (Phi) is 28.8. The quantitative estimate of drug-likeness (QED) is 0.0190. The summed E-state index contributed by atoms with van der Waals surface area (Å²) in [6, 6.07) is -7.85. The van der Waals surface area contributed by atoms with Gasteiger partial charge in [0.05, 0.1) is 72.7 Å². The highest BCUT2D eigenvalue weighted by atomic mass is 32.2. The Morgan fingerprint density at radius 1 is 0.789 bits per heavy atom. The molecule has 0 bridgehead atoms. The van der Waals surface area contributed by atoms with Gasteiger partial charge < -0.3 is 130 Å². The van der Waals surface area contributed by atoms with Crippen LogP contribution in [0.5, 0.6) is 0 Å². The smallest absolute Gasteiger partial charge is 0.404 e. The first-order valence-corrected chi connectivity index (χ1v) is 32.6. The van der Waals surface area contributed by atoms with Crippen molar-refractivity contribution in [1.29, 1.82) is 0 Å².